The van der Waals surface area contributed by atoms with Gasteiger partial charge in [0.1, 0.15) is 0 Å². The minimum absolute atomic E-state index is 0.0902. The topological polar surface area (TPSA) is 44.9 Å². The van der Waals surface area contributed by atoms with Gasteiger partial charge < -0.3 is 10.3 Å². The molecule has 22 heavy (non-hydrogen) atoms. The number of benzene rings is 2. The van der Waals surface area contributed by atoms with Gasteiger partial charge >= 0.3 is 0 Å². The Morgan fingerprint density at radius 3 is 2.73 bits per heavy atom. The number of hydrogen-bond acceptors (Lipinski definition) is 2. The zero-order chi connectivity index (χ0) is 15.7. The molecule has 2 aromatic carbocycles. The fourth-order valence-electron chi connectivity index (χ4n) is 2.47. The first-order valence-corrected chi connectivity index (χ1v) is 7.53. The van der Waals surface area contributed by atoms with E-state index in [-0.39, 0.29) is 5.56 Å². The van der Waals surface area contributed by atoms with Gasteiger partial charge in [-0.15, -0.1) is 0 Å². The SMILES string of the molecule is Cc1cccc(NCc2cc3cc(C)c(Cl)cc3[nH]c2=O)c1. The molecule has 1 heterocycles. The molecule has 3 aromatic rings. The highest BCUT2D eigenvalue weighted by atomic mass is 35.5. The van der Waals surface area contributed by atoms with Gasteiger partial charge in [-0.05, 0) is 60.7 Å². The largest absolute Gasteiger partial charge is 0.381 e. The molecular formula is C18H17ClN2O. The van der Waals surface area contributed by atoms with Crippen molar-refractivity contribution in [3.63, 3.8) is 0 Å². The molecule has 0 atom stereocenters. The number of aromatic amines is 1. The van der Waals surface area contributed by atoms with Gasteiger partial charge in [-0.1, -0.05) is 23.7 Å². The maximum atomic E-state index is 12.2. The Labute approximate surface area is 133 Å². The van der Waals surface area contributed by atoms with Crippen LogP contribution in [0.3, 0.4) is 0 Å². The minimum Gasteiger partial charge on any atom is -0.381 e. The van der Waals surface area contributed by atoms with Crippen molar-refractivity contribution < 1.29 is 0 Å². The molecule has 0 saturated heterocycles. The molecule has 0 spiro atoms. The number of halogens is 1. The van der Waals surface area contributed by atoms with Crippen LogP contribution in [0, 0.1) is 13.8 Å². The van der Waals surface area contributed by atoms with Crippen LogP contribution in [-0.2, 0) is 6.54 Å². The standard InChI is InChI=1S/C18H17ClN2O/c1-11-4-3-5-15(6-11)20-10-14-8-13-7-12(2)16(19)9-17(13)21-18(14)22/h3-9,20H,10H2,1-2H3,(H,21,22). The molecule has 0 aliphatic rings. The number of hydrogen-bond donors (Lipinski definition) is 2. The fraction of sp³-hybridized carbons (Fsp3) is 0.167. The number of aromatic nitrogens is 1. The first-order valence-electron chi connectivity index (χ1n) is 7.15. The van der Waals surface area contributed by atoms with Crippen molar-refractivity contribution in [1.82, 2.24) is 4.98 Å². The van der Waals surface area contributed by atoms with Crippen LogP contribution in [0.2, 0.25) is 5.02 Å². The average molecular weight is 313 g/mol. The molecule has 112 valence electrons. The van der Waals surface area contributed by atoms with Crippen molar-refractivity contribution in [2.75, 3.05) is 5.32 Å². The Morgan fingerprint density at radius 1 is 1.14 bits per heavy atom. The lowest BCUT2D eigenvalue weighted by atomic mass is 10.1. The zero-order valence-corrected chi connectivity index (χ0v) is 13.3. The Kier molecular flexibility index (Phi) is 3.90. The quantitative estimate of drug-likeness (QED) is 0.752. The summed E-state index contributed by atoms with van der Waals surface area (Å²) in [6.45, 7) is 4.48. The summed E-state index contributed by atoms with van der Waals surface area (Å²) < 4.78 is 0. The number of H-pyrrole nitrogens is 1. The van der Waals surface area contributed by atoms with E-state index in [0.717, 1.165) is 22.2 Å². The van der Waals surface area contributed by atoms with Crippen molar-refractivity contribution in [2.24, 2.45) is 0 Å². The van der Waals surface area contributed by atoms with Gasteiger partial charge in [-0.25, -0.2) is 0 Å². The first kappa shape index (κ1) is 14.7. The van der Waals surface area contributed by atoms with Crippen LogP contribution in [0.25, 0.3) is 10.9 Å². The third kappa shape index (κ3) is 3.00. The van der Waals surface area contributed by atoms with Crippen LogP contribution in [0.15, 0.2) is 47.3 Å². The molecule has 0 aliphatic carbocycles. The molecule has 4 heteroatoms. The molecule has 0 amide bonds. The molecule has 3 rings (SSSR count). The normalized spacial score (nSPS) is 10.9. The monoisotopic (exact) mass is 312 g/mol. The van der Waals surface area contributed by atoms with E-state index >= 15 is 0 Å². The number of anilines is 1. The van der Waals surface area contributed by atoms with Gasteiger partial charge in [-0.3, -0.25) is 4.79 Å². The van der Waals surface area contributed by atoms with Crippen molar-refractivity contribution in [3.05, 3.63) is 74.5 Å². The van der Waals surface area contributed by atoms with Gasteiger partial charge in [0.05, 0.1) is 0 Å². The lowest BCUT2D eigenvalue weighted by Crippen LogP contribution is -2.15. The second-order valence-corrected chi connectivity index (χ2v) is 5.94. The van der Waals surface area contributed by atoms with Crippen LogP contribution < -0.4 is 10.9 Å². The summed E-state index contributed by atoms with van der Waals surface area (Å²) in [6.07, 6.45) is 0. The molecular weight excluding hydrogens is 296 g/mol. The van der Waals surface area contributed by atoms with E-state index < -0.39 is 0 Å². The molecule has 0 unspecified atom stereocenters. The molecule has 2 N–H and O–H groups in total. The van der Waals surface area contributed by atoms with Crippen molar-refractivity contribution >= 4 is 28.2 Å². The third-order valence-corrected chi connectivity index (χ3v) is 4.11. The van der Waals surface area contributed by atoms with Crippen molar-refractivity contribution in [2.45, 2.75) is 20.4 Å². The summed E-state index contributed by atoms with van der Waals surface area (Å²) in [7, 11) is 0. The van der Waals surface area contributed by atoms with E-state index in [9.17, 15) is 4.79 Å². The van der Waals surface area contributed by atoms with Gasteiger partial charge in [0.2, 0.25) is 0 Å². The molecule has 0 bridgehead atoms. The Bertz CT molecular complexity index is 899. The fourth-order valence-corrected chi connectivity index (χ4v) is 2.63. The third-order valence-electron chi connectivity index (χ3n) is 3.70. The summed E-state index contributed by atoms with van der Waals surface area (Å²) in [5, 5.41) is 4.94. The Balaban J connectivity index is 1.92. The highest BCUT2D eigenvalue weighted by molar-refractivity contribution is 6.32. The summed E-state index contributed by atoms with van der Waals surface area (Å²) in [5.41, 5.74) is 4.57. The van der Waals surface area contributed by atoms with E-state index in [1.807, 2.05) is 44.2 Å². The maximum Gasteiger partial charge on any atom is 0.253 e. The summed E-state index contributed by atoms with van der Waals surface area (Å²) in [4.78, 5) is 15.1. The summed E-state index contributed by atoms with van der Waals surface area (Å²) in [6, 6.07) is 13.8. The lowest BCUT2D eigenvalue weighted by Gasteiger charge is -2.08. The predicted octanol–water partition coefficient (Wildman–Crippen LogP) is 4.41. The van der Waals surface area contributed by atoms with Crippen molar-refractivity contribution in [3.8, 4) is 0 Å². The van der Waals surface area contributed by atoms with E-state index in [1.165, 1.54) is 5.56 Å². The van der Waals surface area contributed by atoms with Gasteiger partial charge in [0, 0.05) is 28.3 Å². The summed E-state index contributed by atoms with van der Waals surface area (Å²) in [5.74, 6) is 0. The Hall–Kier alpha value is -2.26. The molecule has 0 fully saturated rings. The molecule has 0 aliphatic heterocycles. The Morgan fingerprint density at radius 2 is 1.95 bits per heavy atom. The van der Waals surface area contributed by atoms with Gasteiger partial charge in [0.15, 0.2) is 0 Å². The highest BCUT2D eigenvalue weighted by Crippen LogP contribution is 2.22. The van der Waals surface area contributed by atoms with Crippen LogP contribution in [0.4, 0.5) is 5.69 Å². The average Bonchev–Trinajstić information content (AvgIpc) is 2.47. The molecule has 0 saturated carbocycles. The molecule has 1 aromatic heterocycles. The number of pyridine rings is 1. The van der Waals surface area contributed by atoms with E-state index in [0.29, 0.717) is 17.1 Å². The second kappa shape index (κ2) is 5.85. The van der Waals surface area contributed by atoms with Crippen LogP contribution in [-0.4, -0.2) is 4.98 Å². The molecule has 3 nitrogen and oxygen atoms in total. The predicted molar refractivity (Wildman–Crippen MR) is 92.8 cm³/mol. The zero-order valence-electron chi connectivity index (χ0n) is 12.5. The highest BCUT2D eigenvalue weighted by Gasteiger charge is 2.05. The number of rotatable bonds is 3. The van der Waals surface area contributed by atoms with Crippen LogP contribution in [0.5, 0.6) is 0 Å². The number of aryl methyl sites for hydroxylation is 2. The molecule has 0 radical (unpaired) electrons. The number of nitrogens with one attached hydrogen (secondary N) is 2. The minimum atomic E-state index is -0.0902. The second-order valence-electron chi connectivity index (χ2n) is 5.54. The maximum absolute atomic E-state index is 12.2. The number of fused-ring (bicyclic) bond motifs is 1. The van der Waals surface area contributed by atoms with E-state index in [4.69, 9.17) is 11.6 Å². The van der Waals surface area contributed by atoms with E-state index in [2.05, 4.69) is 16.4 Å². The van der Waals surface area contributed by atoms with Gasteiger partial charge in [0.25, 0.3) is 5.56 Å². The van der Waals surface area contributed by atoms with E-state index in [1.54, 1.807) is 6.07 Å². The first-order chi connectivity index (χ1) is 10.5. The van der Waals surface area contributed by atoms with Gasteiger partial charge in [-0.2, -0.15) is 0 Å². The van der Waals surface area contributed by atoms with Crippen molar-refractivity contribution in [1.29, 1.82) is 0 Å². The van der Waals surface area contributed by atoms with Crippen LogP contribution in [0.1, 0.15) is 16.7 Å². The summed E-state index contributed by atoms with van der Waals surface area (Å²) >= 11 is 6.10. The smallest absolute Gasteiger partial charge is 0.253 e. The van der Waals surface area contributed by atoms with Crippen LogP contribution >= 0.6 is 11.6 Å². The lowest BCUT2D eigenvalue weighted by molar-refractivity contribution is 1.09.